The van der Waals surface area contributed by atoms with Crippen molar-refractivity contribution in [3.63, 3.8) is 0 Å². The maximum absolute atomic E-state index is 10.3. The van der Waals surface area contributed by atoms with Crippen LogP contribution in [0.1, 0.15) is 46.9 Å². The van der Waals surface area contributed by atoms with Crippen molar-refractivity contribution in [2.24, 2.45) is 0 Å². The Labute approximate surface area is 175 Å². The van der Waals surface area contributed by atoms with Crippen molar-refractivity contribution in [3.05, 3.63) is 81.7 Å². The fourth-order valence-corrected chi connectivity index (χ4v) is 5.67. The lowest BCUT2D eigenvalue weighted by molar-refractivity contribution is -0.295. The lowest BCUT2D eigenvalue weighted by Gasteiger charge is -2.39. The maximum Gasteiger partial charge on any atom is 0.198 e. The second kappa shape index (κ2) is 7.37. The summed E-state index contributed by atoms with van der Waals surface area (Å²) in [6.45, 7) is 4.73. The van der Waals surface area contributed by atoms with E-state index in [1.165, 1.54) is 32.0 Å². The van der Waals surface area contributed by atoms with E-state index in [0.717, 1.165) is 12.0 Å². The molecule has 3 atom stereocenters. The molecule has 3 aromatic rings. The zero-order valence-electron chi connectivity index (χ0n) is 16.9. The minimum atomic E-state index is -0.792. The van der Waals surface area contributed by atoms with Crippen molar-refractivity contribution < 1.29 is 14.6 Å². The number of rotatable bonds is 3. The first-order valence-electron chi connectivity index (χ1n) is 10.3. The first-order valence-corrected chi connectivity index (χ1v) is 11.1. The molecule has 1 saturated heterocycles. The van der Waals surface area contributed by atoms with Crippen LogP contribution in [0.4, 0.5) is 0 Å². The van der Waals surface area contributed by atoms with Gasteiger partial charge in [-0.25, -0.2) is 0 Å². The highest BCUT2D eigenvalue weighted by Crippen LogP contribution is 2.46. The second-order valence-corrected chi connectivity index (χ2v) is 9.48. The van der Waals surface area contributed by atoms with E-state index in [2.05, 4.69) is 61.5 Å². The monoisotopic (exact) mass is 406 g/mol. The summed E-state index contributed by atoms with van der Waals surface area (Å²) in [6.07, 6.45) is 1.66. The summed E-state index contributed by atoms with van der Waals surface area (Å²) in [5.74, 6) is -0.792. The van der Waals surface area contributed by atoms with Crippen LogP contribution in [0.2, 0.25) is 0 Å². The van der Waals surface area contributed by atoms with Crippen molar-refractivity contribution in [1.82, 2.24) is 0 Å². The predicted octanol–water partition coefficient (Wildman–Crippen LogP) is 5.56. The standard InChI is InChI=1S/C25H26O3S/c1-16-10-20-15-27-25(14-21(26)11-17(2)28-25)23(20)13-19(16)12-22-8-9-24(29-22)18-6-4-3-5-7-18/h3-10,13,17,21,26H,11-12,14-15H2,1-2H3/t17?,21?,25-/m1/s1. The fourth-order valence-electron chi connectivity index (χ4n) is 4.63. The van der Waals surface area contributed by atoms with Gasteiger partial charge in [-0.15, -0.1) is 11.3 Å². The Balaban J connectivity index is 1.45. The Bertz CT molecular complexity index is 1010. The molecule has 0 bridgehead atoms. The zero-order valence-corrected chi connectivity index (χ0v) is 17.7. The van der Waals surface area contributed by atoms with Crippen LogP contribution in [0.25, 0.3) is 10.4 Å². The SMILES string of the molecule is Cc1cc2c(cc1Cc1ccc(-c3ccccc3)s1)[C@]1(CC(O)CC(C)O1)OC2. The first-order chi connectivity index (χ1) is 14.0. The summed E-state index contributed by atoms with van der Waals surface area (Å²) < 4.78 is 12.4. The van der Waals surface area contributed by atoms with Crippen LogP contribution in [0.15, 0.2) is 54.6 Å². The molecule has 2 aliphatic rings. The lowest BCUT2D eigenvalue weighted by atomic mass is 9.89. The minimum Gasteiger partial charge on any atom is -0.393 e. The van der Waals surface area contributed by atoms with Crippen molar-refractivity contribution in [2.45, 2.75) is 57.7 Å². The second-order valence-electron chi connectivity index (χ2n) is 8.31. The van der Waals surface area contributed by atoms with E-state index < -0.39 is 5.79 Å². The third kappa shape index (κ3) is 3.55. The smallest absolute Gasteiger partial charge is 0.198 e. The summed E-state index contributed by atoms with van der Waals surface area (Å²) in [5, 5.41) is 10.3. The normalized spacial score (nSPS) is 26.0. The molecule has 1 N–H and O–H groups in total. The average Bonchev–Trinajstić information content (AvgIpc) is 3.28. The van der Waals surface area contributed by atoms with Gasteiger partial charge in [-0.05, 0) is 60.7 Å². The van der Waals surface area contributed by atoms with E-state index >= 15 is 0 Å². The maximum atomic E-state index is 10.3. The number of fused-ring (bicyclic) bond motifs is 2. The number of benzene rings is 2. The minimum absolute atomic E-state index is 0.0137. The van der Waals surface area contributed by atoms with Gasteiger partial charge in [-0.3, -0.25) is 0 Å². The van der Waals surface area contributed by atoms with Crippen molar-refractivity contribution in [2.75, 3.05) is 0 Å². The van der Waals surface area contributed by atoms with E-state index in [-0.39, 0.29) is 12.2 Å². The van der Waals surface area contributed by atoms with Crippen molar-refractivity contribution >= 4 is 11.3 Å². The first kappa shape index (κ1) is 19.0. The molecule has 0 amide bonds. The molecule has 2 aromatic carbocycles. The van der Waals surface area contributed by atoms with Gasteiger partial charge in [0.05, 0.1) is 18.8 Å². The van der Waals surface area contributed by atoms with Gasteiger partial charge in [-0.2, -0.15) is 0 Å². The van der Waals surface area contributed by atoms with Gasteiger partial charge < -0.3 is 14.6 Å². The molecular formula is C25H26O3S. The van der Waals surface area contributed by atoms with E-state index in [0.29, 0.717) is 19.4 Å². The van der Waals surface area contributed by atoms with Crippen LogP contribution in [0.3, 0.4) is 0 Å². The third-order valence-corrected chi connectivity index (χ3v) is 7.15. The number of ether oxygens (including phenoxy) is 2. The molecule has 1 aromatic heterocycles. The van der Waals surface area contributed by atoms with Gasteiger partial charge in [0.1, 0.15) is 0 Å². The molecule has 0 radical (unpaired) electrons. The molecule has 1 spiro atoms. The molecule has 2 unspecified atom stereocenters. The predicted molar refractivity (Wildman–Crippen MR) is 116 cm³/mol. The van der Waals surface area contributed by atoms with Gasteiger partial charge >= 0.3 is 0 Å². The largest absolute Gasteiger partial charge is 0.393 e. The van der Waals surface area contributed by atoms with Crippen molar-refractivity contribution in [1.29, 1.82) is 0 Å². The average molecular weight is 407 g/mol. The Hall–Kier alpha value is -1.98. The Kier molecular flexibility index (Phi) is 4.83. The number of aliphatic hydroxyl groups is 1. The molecule has 0 aliphatic carbocycles. The molecule has 29 heavy (non-hydrogen) atoms. The Morgan fingerprint density at radius 1 is 1.14 bits per heavy atom. The van der Waals surface area contributed by atoms with Crippen molar-refractivity contribution in [3.8, 4) is 10.4 Å². The van der Waals surface area contributed by atoms with Gasteiger partial charge in [0.2, 0.25) is 0 Å². The topological polar surface area (TPSA) is 38.7 Å². The van der Waals surface area contributed by atoms with E-state index in [1.54, 1.807) is 0 Å². The number of hydrogen-bond acceptors (Lipinski definition) is 4. The highest BCUT2D eigenvalue weighted by molar-refractivity contribution is 7.15. The van der Waals surface area contributed by atoms with E-state index in [4.69, 9.17) is 9.47 Å². The van der Waals surface area contributed by atoms with Crippen LogP contribution >= 0.6 is 11.3 Å². The number of aliphatic hydroxyl groups excluding tert-OH is 1. The van der Waals surface area contributed by atoms with Crippen LogP contribution in [0, 0.1) is 6.92 Å². The summed E-state index contributed by atoms with van der Waals surface area (Å²) in [7, 11) is 0. The van der Waals surface area contributed by atoms with Gasteiger partial charge in [0, 0.05) is 28.2 Å². The molecule has 0 saturated carbocycles. The summed E-state index contributed by atoms with van der Waals surface area (Å²) in [5.41, 5.74) is 6.13. The van der Waals surface area contributed by atoms with E-state index in [9.17, 15) is 5.11 Å². The fraction of sp³-hybridized carbons (Fsp3) is 0.360. The summed E-state index contributed by atoms with van der Waals surface area (Å²) >= 11 is 1.85. The number of thiophene rings is 1. The van der Waals surface area contributed by atoms with Crippen LogP contribution in [-0.2, 0) is 28.3 Å². The molecule has 1 fully saturated rings. The lowest BCUT2D eigenvalue weighted by Crippen LogP contribution is -2.43. The number of hydrogen-bond donors (Lipinski definition) is 1. The van der Waals surface area contributed by atoms with Crippen LogP contribution < -0.4 is 0 Å². The molecule has 4 heteroatoms. The third-order valence-electron chi connectivity index (χ3n) is 6.02. The summed E-state index contributed by atoms with van der Waals surface area (Å²) in [4.78, 5) is 2.64. The molecule has 3 heterocycles. The van der Waals surface area contributed by atoms with Crippen LogP contribution in [-0.4, -0.2) is 17.3 Å². The van der Waals surface area contributed by atoms with E-state index in [1.807, 2.05) is 18.3 Å². The van der Waals surface area contributed by atoms with Gasteiger partial charge in [0.15, 0.2) is 5.79 Å². The molecule has 150 valence electrons. The zero-order chi connectivity index (χ0) is 20.0. The Morgan fingerprint density at radius 3 is 2.76 bits per heavy atom. The number of aryl methyl sites for hydroxylation is 1. The van der Waals surface area contributed by atoms with Crippen LogP contribution in [0.5, 0.6) is 0 Å². The molecule has 2 aliphatic heterocycles. The molecule has 5 rings (SSSR count). The Morgan fingerprint density at radius 2 is 1.97 bits per heavy atom. The quantitative estimate of drug-likeness (QED) is 0.619. The highest BCUT2D eigenvalue weighted by atomic mass is 32.1. The van der Waals surface area contributed by atoms with Gasteiger partial charge in [0.25, 0.3) is 0 Å². The summed E-state index contributed by atoms with van der Waals surface area (Å²) in [6, 6.07) is 19.5. The molecule has 3 nitrogen and oxygen atoms in total. The molecular weight excluding hydrogens is 380 g/mol. The highest BCUT2D eigenvalue weighted by Gasteiger charge is 2.47. The van der Waals surface area contributed by atoms with Gasteiger partial charge in [-0.1, -0.05) is 36.4 Å².